The van der Waals surface area contributed by atoms with Crippen molar-refractivity contribution < 1.29 is 14.3 Å². The van der Waals surface area contributed by atoms with E-state index >= 15 is 0 Å². The summed E-state index contributed by atoms with van der Waals surface area (Å²) in [6.07, 6.45) is 0. The van der Waals surface area contributed by atoms with E-state index in [1.807, 2.05) is 6.07 Å². The highest BCUT2D eigenvalue weighted by Gasteiger charge is 2.13. The number of fused-ring (bicyclic) bond motifs is 1. The highest BCUT2D eigenvalue weighted by atomic mass is 32.2. The molecule has 0 unspecified atom stereocenters. The van der Waals surface area contributed by atoms with E-state index in [4.69, 9.17) is 4.74 Å². The van der Waals surface area contributed by atoms with Crippen molar-refractivity contribution in [2.75, 3.05) is 19.9 Å². The number of carbonyl (C=O) groups excluding carboxylic acids is 2. The van der Waals surface area contributed by atoms with Crippen LogP contribution in [0, 0.1) is 0 Å². The average molecular weight is 426 g/mol. The topological polar surface area (TPSA) is 92.4 Å². The fourth-order valence-electron chi connectivity index (χ4n) is 2.99. The number of thioether (sulfide) groups is 1. The van der Waals surface area contributed by atoms with E-state index in [9.17, 15) is 14.4 Å². The Labute approximate surface area is 178 Å². The molecular formula is C22H23N3O4S. The number of aromatic nitrogens is 2. The maximum absolute atomic E-state index is 12.5. The fraction of sp³-hybridized carbons (Fsp3) is 0.273. The molecule has 0 radical (unpaired) electrons. The molecule has 1 N–H and O–H groups in total. The van der Waals surface area contributed by atoms with E-state index in [-0.39, 0.29) is 29.5 Å². The Morgan fingerprint density at radius 2 is 1.97 bits per heavy atom. The number of Topliss-reactive ketones (excluding diaryl/α,β-unsaturated/α-hetero) is 1. The summed E-state index contributed by atoms with van der Waals surface area (Å²) in [5.74, 6) is 1.81. The molecule has 3 aromatic rings. The molecule has 2 aromatic carbocycles. The number of ketones is 1. The number of carbonyl (C=O) groups is 2. The Morgan fingerprint density at radius 3 is 2.70 bits per heavy atom. The van der Waals surface area contributed by atoms with Crippen LogP contribution in [-0.2, 0) is 17.1 Å². The number of para-hydroxylation sites is 1. The van der Waals surface area contributed by atoms with Crippen LogP contribution in [0.15, 0.2) is 47.3 Å². The molecule has 0 aliphatic heterocycles. The SMILES string of the molecule is COc1ccc(C(C)=O)cc1CSCC(=O)N(C)Cc1nc2ccccc2c(=O)[nH]1. The van der Waals surface area contributed by atoms with Crippen LogP contribution in [-0.4, -0.2) is 46.5 Å². The van der Waals surface area contributed by atoms with Gasteiger partial charge in [0.2, 0.25) is 5.91 Å². The van der Waals surface area contributed by atoms with Crippen LogP contribution in [0.1, 0.15) is 28.7 Å². The van der Waals surface area contributed by atoms with Crippen LogP contribution >= 0.6 is 11.8 Å². The number of hydrogen-bond acceptors (Lipinski definition) is 6. The first-order valence-electron chi connectivity index (χ1n) is 9.36. The summed E-state index contributed by atoms with van der Waals surface area (Å²) < 4.78 is 5.35. The van der Waals surface area contributed by atoms with E-state index in [2.05, 4.69) is 9.97 Å². The van der Waals surface area contributed by atoms with Crippen molar-refractivity contribution in [3.63, 3.8) is 0 Å². The van der Waals surface area contributed by atoms with Crippen molar-refractivity contribution >= 4 is 34.4 Å². The maximum Gasteiger partial charge on any atom is 0.258 e. The number of aromatic amines is 1. The van der Waals surface area contributed by atoms with Crippen molar-refractivity contribution in [1.82, 2.24) is 14.9 Å². The molecule has 7 nitrogen and oxygen atoms in total. The Morgan fingerprint density at radius 1 is 1.20 bits per heavy atom. The molecular weight excluding hydrogens is 402 g/mol. The second-order valence-corrected chi connectivity index (χ2v) is 7.84. The first kappa shape index (κ1) is 21.6. The summed E-state index contributed by atoms with van der Waals surface area (Å²) in [4.78, 5) is 45.0. The fourth-order valence-corrected chi connectivity index (χ4v) is 3.93. The number of nitrogens with zero attached hydrogens (tertiary/aromatic N) is 2. The van der Waals surface area contributed by atoms with Gasteiger partial charge in [0.05, 0.1) is 30.3 Å². The van der Waals surface area contributed by atoms with E-state index in [1.54, 1.807) is 50.6 Å². The van der Waals surface area contributed by atoms with Gasteiger partial charge in [-0.3, -0.25) is 14.4 Å². The third kappa shape index (κ3) is 5.07. The lowest BCUT2D eigenvalue weighted by Gasteiger charge is -2.17. The highest BCUT2D eigenvalue weighted by Crippen LogP contribution is 2.25. The van der Waals surface area contributed by atoms with E-state index < -0.39 is 0 Å². The van der Waals surface area contributed by atoms with Crippen LogP contribution < -0.4 is 10.3 Å². The quantitative estimate of drug-likeness (QED) is 0.558. The summed E-state index contributed by atoms with van der Waals surface area (Å²) in [5, 5.41) is 0.521. The Balaban J connectivity index is 1.61. The molecule has 8 heteroatoms. The highest BCUT2D eigenvalue weighted by molar-refractivity contribution is 7.99. The molecule has 0 spiro atoms. The van der Waals surface area contributed by atoms with Gasteiger partial charge in [-0.2, -0.15) is 0 Å². The lowest BCUT2D eigenvalue weighted by atomic mass is 10.1. The number of H-pyrrole nitrogens is 1. The summed E-state index contributed by atoms with van der Waals surface area (Å²) in [5.41, 5.74) is 1.86. The summed E-state index contributed by atoms with van der Waals surface area (Å²) in [6.45, 7) is 1.73. The van der Waals surface area contributed by atoms with Gasteiger partial charge in [-0.05, 0) is 37.3 Å². The van der Waals surface area contributed by atoms with Crippen LogP contribution in [0.25, 0.3) is 10.9 Å². The van der Waals surface area contributed by atoms with Gasteiger partial charge in [0.15, 0.2) is 5.78 Å². The monoisotopic (exact) mass is 425 g/mol. The van der Waals surface area contributed by atoms with Crippen molar-refractivity contribution in [3.05, 3.63) is 69.8 Å². The van der Waals surface area contributed by atoms with Crippen LogP contribution in [0.2, 0.25) is 0 Å². The Hall–Kier alpha value is -3.13. The van der Waals surface area contributed by atoms with Crippen LogP contribution in [0.4, 0.5) is 0 Å². The summed E-state index contributed by atoms with van der Waals surface area (Å²) in [7, 11) is 3.25. The van der Waals surface area contributed by atoms with Crippen molar-refractivity contribution in [3.8, 4) is 5.75 Å². The van der Waals surface area contributed by atoms with E-state index in [0.29, 0.717) is 33.8 Å². The van der Waals surface area contributed by atoms with Gasteiger partial charge in [-0.15, -0.1) is 11.8 Å². The largest absolute Gasteiger partial charge is 0.496 e. The average Bonchev–Trinajstić information content (AvgIpc) is 2.73. The molecule has 0 aliphatic rings. The zero-order valence-corrected chi connectivity index (χ0v) is 17.9. The van der Waals surface area contributed by atoms with Crippen molar-refractivity contribution in [2.24, 2.45) is 0 Å². The minimum atomic E-state index is -0.219. The predicted molar refractivity (Wildman–Crippen MR) is 118 cm³/mol. The van der Waals surface area contributed by atoms with Gasteiger partial charge in [0.25, 0.3) is 5.56 Å². The van der Waals surface area contributed by atoms with Crippen molar-refractivity contribution in [2.45, 2.75) is 19.2 Å². The number of benzene rings is 2. The minimum Gasteiger partial charge on any atom is -0.496 e. The van der Waals surface area contributed by atoms with Gasteiger partial charge in [0.1, 0.15) is 11.6 Å². The van der Waals surface area contributed by atoms with Crippen LogP contribution in [0.3, 0.4) is 0 Å². The predicted octanol–water partition coefficient (Wildman–Crippen LogP) is 3.03. The zero-order valence-electron chi connectivity index (χ0n) is 17.1. The third-order valence-corrected chi connectivity index (χ3v) is 5.61. The van der Waals surface area contributed by atoms with E-state index in [1.165, 1.54) is 23.6 Å². The number of rotatable bonds is 8. The maximum atomic E-state index is 12.5. The molecule has 0 saturated heterocycles. The third-order valence-electron chi connectivity index (χ3n) is 4.64. The molecule has 1 aromatic heterocycles. The molecule has 0 fully saturated rings. The number of nitrogens with one attached hydrogen (secondary N) is 1. The molecule has 0 bridgehead atoms. The van der Waals surface area contributed by atoms with Gasteiger partial charge in [0, 0.05) is 23.9 Å². The normalized spacial score (nSPS) is 10.8. The molecule has 30 heavy (non-hydrogen) atoms. The van der Waals surface area contributed by atoms with Crippen molar-refractivity contribution in [1.29, 1.82) is 0 Å². The molecule has 0 saturated carbocycles. The standard InChI is InChI=1S/C22H23N3O4S/c1-14(26)15-8-9-19(29-3)16(10-15)12-30-13-21(27)25(2)11-20-23-18-7-5-4-6-17(18)22(28)24-20/h4-10H,11-13H2,1-3H3,(H,23,24,28). The van der Waals surface area contributed by atoms with Crippen LogP contribution in [0.5, 0.6) is 5.75 Å². The molecule has 3 rings (SSSR count). The van der Waals surface area contributed by atoms with E-state index in [0.717, 1.165) is 5.56 Å². The second kappa shape index (κ2) is 9.58. The number of ether oxygens (including phenoxy) is 1. The zero-order chi connectivity index (χ0) is 21.7. The Kier molecular flexibility index (Phi) is 6.89. The molecule has 156 valence electrons. The summed E-state index contributed by atoms with van der Waals surface area (Å²) in [6, 6.07) is 12.4. The molecule has 1 amide bonds. The summed E-state index contributed by atoms with van der Waals surface area (Å²) >= 11 is 1.43. The lowest BCUT2D eigenvalue weighted by molar-refractivity contribution is -0.127. The lowest BCUT2D eigenvalue weighted by Crippen LogP contribution is -2.29. The van der Waals surface area contributed by atoms with Gasteiger partial charge in [-0.25, -0.2) is 4.98 Å². The van der Waals surface area contributed by atoms with Gasteiger partial charge in [-0.1, -0.05) is 12.1 Å². The van der Waals surface area contributed by atoms with Gasteiger partial charge < -0.3 is 14.6 Å². The Bertz CT molecular complexity index is 1140. The van der Waals surface area contributed by atoms with Gasteiger partial charge >= 0.3 is 0 Å². The molecule has 1 heterocycles. The minimum absolute atomic E-state index is 0.0170. The molecule has 0 atom stereocenters. The second-order valence-electron chi connectivity index (χ2n) is 6.86. The number of hydrogen-bond donors (Lipinski definition) is 1. The smallest absolute Gasteiger partial charge is 0.258 e. The first-order chi connectivity index (χ1) is 14.4. The number of methoxy groups -OCH3 is 1. The first-order valence-corrected chi connectivity index (χ1v) is 10.5. The molecule has 0 aliphatic carbocycles. The number of amides is 1.